The summed E-state index contributed by atoms with van der Waals surface area (Å²) < 4.78 is 0. The molecule has 0 radical (unpaired) electrons. The molecule has 1 unspecified atom stereocenters. The van der Waals surface area contributed by atoms with Crippen molar-refractivity contribution in [1.29, 1.82) is 0 Å². The second kappa shape index (κ2) is 5.50. The molecule has 2 fully saturated rings. The van der Waals surface area contributed by atoms with Gasteiger partial charge in [0.1, 0.15) is 0 Å². The van der Waals surface area contributed by atoms with Gasteiger partial charge in [0.05, 0.1) is 0 Å². The lowest BCUT2D eigenvalue weighted by atomic mass is 10.1. The van der Waals surface area contributed by atoms with Crippen LogP contribution in [0.2, 0.25) is 0 Å². The maximum Gasteiger partial charge on any atom is 0.0124 e. The molecule has 0 heterocycles. The van der Waals surface area contributed by atoms with E-state index in [9.17, 15) is 0 Å². The minimum atomic E-state index is 0.724. The van der Waals surface area contributed by atoms with E-state index in [4.69, 9.17) is 0 Å². The van der Waals surface area contributed by atoms with Gasteiger partial charge in [-0.15, -0.1) is 0 Å². The van der Waals surface area contributed by atoms with Gasteiger partial charge in [0.25, 0.3) is 0 Å². The van der Waals surface area contributed by atoms with Crippen LogP contribution in [0, 0.1) is 11.8 Å². The van der Waals surface area contributed by atoms with Gasteiger partial charge >= 0.3 is 0 Å². The molecule has 2 aliphatic carbocycles. The number of likely N-dealkylation sites (N-methyl/N-ethyl adjacent to an activating group) is 1. The largest absolute Gasteiger partial charge is 0.312 e. The van der Waals surface area contributed by atoms with Gasteiger partial charge in [0.15, 0.2) is 0 Å². The second-order valence-electron chi connectivity index (χ2n) is 5.89. The zero-order chi connectivity index (χ0) is 11.5. The summed E-state index contributed by atoms with van der Waals surface area (Å²) >= 11 is 0. The Morgan fingerprint density at radius 1 is 1.19 bits per heavy atom. The highest BCUT2D eigenvalue weighted by Gasteiger charge is 2.40. The number of nitrogens with one attached hydrogen (secondary N) is 1. The van der Waals surface area contributed by atoms with E-state index in [1.54, 1.807) is 0 Å². The first-order valence-electron chi connectivity index (χ1n) is 7.16. The molecule has 0 aromatic rings. The molecule has 0 bridgehead atoms. The Bertz CT molecular complexity index is 197. The standard InChI is InChI=1S/C14H28N2/c1-4-11(2)16(3)10-9-15-14(12-5-6-12)13-7-8-13/h11-15H,4-10H2,1-3H3. The van der Waals surface area contributed by atoms with Gasteiger partial charge in [-0.2, -0.15) is 0 Å². The Morgan fingerprint density at radius 2 is 1.75 bits per heavy atom. The maximum atomic E-state index is 3.81. The molecule has 0 saturated heterocycles. The van der Waals surface area contributed by atoms with Crippen LogP contribution in [0.4, 0.5) is 0 Å². The molecule has 2 heteroatoms. The first-order valence-corrected chi connectivity index (χ1v) is 7.16. The molecular formula is C14H28N2. The van der Waals surface area contributed by atoms with Crippen LogP contribution in [0.1, 0.15) is 46.0 Å². The van der Waals surface area contributed by atoms with Crippen molar-refractivity contribution in [3.63, 3.8) is 0 Å². The zero-order valence-corrected chi connectivity index (χ0v) is 11.2. The SMILES string of the molecule is CCC(C)N(C)CCNC(C1CC1)C1CC1. The highest BCUT2D eigenvalue weighted by molar-refractivity contribution is 4.96. The first-order chi connectivity index (χ1) is 7.72. The van der Waals surface area contributed by atoms with Gasteiger partial charge in [-0.3, -0.25) is 0 Å². The fourth-order valence-corrected chi connectivity index (χ4v) is 2.57. The van der Waals surface area contributed by atoms with Crippen molar-refractivity contribution in [2.75, 3.05) is 20.1 Å². The third kappa shape index (κ3) is 3.46. The molecule has 0 aromatic heterocycles. The highest BCUT2D eigenvalue weighted by atomic mass is 15.1. The Morgan fingerprint density at radius 3 is 2.19 bits per heavy atom. The Kier molecular flexibility index (Phi) is 4.26. The van der Waals surface area contributed by atoms with Crippen LogP contribution in [-0.2, 0) is 0 Å². The predicted octanol–water partition coefficient (Wildman–Crippen LogP) is 2.49. The summed E-state index contributed by atoms with van der Waals surface area (Å²) in [7, 11) is 2.25. The van der Waals surface area contributed by atoms with E-state index < -0.39 is 0 Å². The van der Waals surface area contributed by atoms with E-state index in [-0.39, 0.29) is 0 Å². The summed E-state index contributed by atoms with van der Waals surface area (Å²) in [4.78, 5) is 2.48. The molecule has 0 amide bonds. The fraction of sp³-hybridized carbons (Fsp3) is 1.00. The third-order valence-corrected chi connectivity index (χ3v) is 4.45. The molecule has 1 N–H and O–H groups in total. The van der Waals surface area contributed by atoms with Crippen molar-refractivity contribution in [3.8, 4) is 0 Å². The van der Waals surface area contributed by atoms with Gasteiger partial charge in [0, 0.05) is 25.2 Å². The number of nitrogens with zero attached hydrogens (tertiary/aromatic N) is 1. The lowest BCUT2D eigenvalue weighted by Gasteiger charge is -2.25. The Balaban J connectivity index is 1.62. The molecule has 0 spiro atoms. The number of hydrogen-bond acceptors (Lipinski definition) is 2. The van der Waals surface area contributed by atoms with Crippen LogP contribution in [0.3, 0.4) is 0 Å². The monoisotopic (exact) mass is 224 g/mol. The van der Waals surface area contributed by atoms with E-state index in [1.165, 1.54) is 45.2 Å². The van der Waals surface area contributed by atoms with Crippen LogP contribution in [-0.4, -0.2) is 37.1 Å². The molecule has 2 nitrogen and oxygen atoms in total. The molecular weight excluding hydrogens is 196 g/mol. The normalized spacial score (nSPS) is 23.1. The molecule has 2 rings (SSSR count). The second-order valence-corrected chi connectivity index (χ2v) is 5.89. The van der Waals surface area contributed by atoms with Gasteiger partial charge in [-0.25, -0.2) is 0 Å². The zero-order valence-electron chi connectivity index (χ0n) is 11.2. The molecule has 2 aliphatic rings. The van der Waals surface area contributed by atoms with Crippen molar-refractivity contribution in [1.82, 2.24) is 10.2 Å². The molecule has 0 aromatic carbocycles. The van der Waals surface area contributed by atoms with Crippen LogP contribution in [0.15, 0.2) is 0 Å². The Labute approximate surface area is 101 Å². The topological polar surface area (TPSA) is 15.3 Å². The van der Waals surface area contributed by atoms with Crippen molar-refractivity contribution in [3.05, 3.63) is 0 Å². The summed E-state index contributed by atoms with van der Waals surface area (Å²) in [6.45, 7) is 6.97. The van der Waals surface area contributed by atoms with E-state index in [2.05, 4.69) is 31.1 Å². The minimum Gasteiger partial charge on any atom is -0.312 e. The van der Waals surface area contributed by atoms with Crippen LogP contribution < -0.4 is 5.32 Å². The van der Waals surface area contributed by atoms with Crippen LogP contribution in [0.5, 0.6) is 0 Å². The summed E-state index contributed by atoms with van der Waals surface area (Å²) in [6, 6.07) is 1.59. The van der Waals surface area contributed by atoms with Gasteiger partial charge in [-0.1, -0.05) is 6.92 Å². The van der Waals surface area contributed by atoms with Gasteiger partial charge in [0.2, 0.25) is 0 Å². The molecule has 1 atom stereocenters. The van der Waals surface area contributed by atoms with Gasteiger partial charge in [-0.05, 0) is 57.9 Å². The molecule has 0 aliphatic heterocycles. The van der Waals surface area contributed by atoms with E-state index in [0.717, 1.165) is 23.9 Å². The predicted molar refractivity (Wildman–Crippen MR) is 69.6 cm³/mol. The lowest BCUT2D eigenvalue weighted by Crippen LogP contribution is -2.40. The van der Waals surface area contributed by atoms with E-state index in [1.807, 2.05) is 0 Å². The van der Waals surface area contributed by atoms with Crippen LogP contribution in [0.25, 0.3) is 0 Å². The van der Waals surface area contributed by atoms with Gasteiger partial charge < -0.3 is 10.2 Å². The lowest BCUT2D eigenvalue weighted by molar-refractivity contribution is 0.244. The molecule has 2 saturated carbocycles. The van der Waals surface area contributed by atoms with Crippen molar-refractivity contribution in [2.24, 2.45) is 11.8 Å². The van der Waals surface area contributed by atoms with E-state index in [0.29, 0.717) is 0 Å². The summed E-state index contributed by atoms with van der Waals surface area (Å²) in [5, 5.41) is 3.81. The molecule has 16 heavy (non-hydrogen) atoms. The van der Waals surface area contributed by atoms with Crippen LogP contribution >= 0.6 is 0 Å². The minimum absolute atomic E-state index is 0.724. The van der Waals surface area contributed by atoms with Crippen molar-refractivity contribution < 1.29 is 0 Å². The summed E-state index contributed by atoms with van der Waals surface area (Å²) in [5.74, 6) is 2.06. The quantitative estimate of drug-likeness (QED) is 0.681. The number of hydrogen-bond donors (Lipinski definition) is 1. The van der Waals surface area contributed by atoms with Crippen molar-refractivity contribution >= 4 is 0 Å². The van der Waals surface area contributed by atoms with Crippen molar-refractivity contribution in [2.45, 2.75) is 58.0 Å². The first kappa shape index (κ1) is 12.4. The summed E-state index contributed by atoms with van der Waals surface area (Å²) in [6.07, 6.45) is 7.18. The third-order valence-electron chi connectivity index (χ3n) is 4.45. The smallest absolute Gasteiger partial charge is 0.0124 e. The maximum absolute atomic E-state index is 3.81. The summed E-state index contributed by atoms with van der Waals surface area (Å²) in [5.41, 5.74) is 0. The Hall–Kier alpha value is -0.0800. The number of rotatable bonds is 8. The average Bonchev–Trinajstić information content (AvgIpc) is 3.15. The average molecular weight is 224 g/mol. The highest BCUT2D eigenvalue weighted by Crippen LogP contribution is 2.44. The van der Waals surface area contributed by atoms with E-state index >= 15 is 0 Å². The molecule has 94 valence electrons. The fourth-order valence-electron chi connectivity index (χ4n) is 2.57.